The van der Waals surface area contributed by atoms with Crippen molar-refractivity contribution in [2.75, 3.05) is 0 Å². The van der Waals surface area contributed by atoms with Crippen LogP contribution in [0.5, 0.6) is 0 Å². The Morgan fingerprint density at radius 3 is 2.48 bits per heavy atom. The van der Waals surface area contributed by atoms with Crippen molar-refractivity contribution in [2.45, 2.75) is 26.4 Å². The normalized spacial score (nSPS) is 12.2. The molecule has 0 N–H and O–H groups in total. The third kappa shape index (κ3) is 2.13. The Balaban J connectivity index is 2.55. The topological polar surface area (TPSA) is 25.8 Å². The summed E-state index contributed by atoms with van der Waals surface area (Å²) >= 11 is 0. The lowest BCUT2D eigenvalue weighted by Crippen LogP contribution is -2.12. The summed E-state index contributed by atoms with van der Waals surface area (Å²) in [5, 5.41) is 0.714. The lowest BCUT2D eigenvalue weighted by molar-refractivity contribution is -0.136. The van der Waals surface area contributed by atoms with E-state index in [1.54, 1.807) is 24.3 Å². The lowest BCUT2D eigenvalue weighted by atomic mass is 9.99. The Hall–Kier alpha value is -2.17. The molecule has 2 heterocycles. The molecule has 0 spiro atoms. The van der Waals surface area contributed by atoms with Crippen LogP contribution in [0.3, 0.4) is 0 Å². The highest BCUT2D eigenvalue weighted by atomic mass is 19.4. The molecule has 1 aromatic carbocycles. The quantitative estimate of drug-likeness (QED) is 0.608. The molecule has 0 fully saturated rings. The zero-order valence-corrected chi connectivity index (χ0v) is 11.6. The molecule has 0 aliphatic carbocycles. The highest BCUT2D eigenvalue weighted by Crippen LogP contribution is 2.39. The first-order valence-corrected chi connectivity index (χ1v) is 6.67. The van der Waals surface area contributed by atoms with E-state index in [-0.39, 0.29) is 10.9 Å². The highest BCUT2D eigenvalue weighted by Gasteiger charge is 2.36. The first-order chi connectivity index (χ1) is 9.93. The van der Waals surface area contributed by atoms with Crippen LogP contribution >= 0.6 is 0 Å². The molecular weight excluding hydrogens is 277 g/mol. The van der Waals surface area contributed by atoms with Gasteiger partial charge in [0.05, 0.1) is 16.6 Å². The van der Waals surface area contributed by atoms with E-state index in [0.717, 1.165) is 0 Å². The average Bonchev–Trinajstić information content (AvgIpc) is 2.44. The van der Waals surface area contributed by atoms with Gasteiger partial charge in [0.15, 0.2) is 0 Å². The van der Waals surface area contributed by atoms with Gasteiger partial charge in [-0.3, -0.25) is 9.97 Å². The number of halogens is 3. The van der Waals surface area contributed by atoms with Crippen LogP contribution in [0.4, 0.5) is 13.2 Å². The zero-order valence-electron chi connectivity index (χ0n) is 11.6. The van der Waals surface area contributed by atoms with Crippen molar-refractivity contribution in [1.29, 1.82) is 0 Å². The number of rotatable bonds is 1. The number of benzene rings is 1. The number of aryl methyl sites for hydroxylation is 1. The molecule has 0 aliphatic rings. The summed E-state index contributed by atoms with van der Waals surface area (Å²) in [5.74, 6) is 0. The second kappa shape index (κ2) is 4.69. The molecule has 108 valence electrons. The van der Waals surface area contributed by atoms with Crippen LogP contribution in [0.1, 0.15) is 23.7 Å². The van der Waals surface area contributed by atoms with Crippen molar-refractivity contribution in [2.24, 2.45) is 0 Å². The molecule has 0 radical (unpaired) electrons. The predicted octanol–water partition coefficient (Wildman–Crippen LogP) is 4.67. The van der Waals surface area contributed by atoms with Gasteiger partial charge in [0.25, 0.3) is 0 Å². The van der Waals surface area contributed by atoms with E-state index in [1.165, 1.54) is 13.1 Å². The third-order valence-corrected chi connectivity index (χ3v) is 3.69. The number of hydrogen-bond donors (Lipinski definition) is 0. The van der Waals surface area contributed by atoms with Crippen LogP contribution in [0.25, 0.3) is 21.8 Å². The summed E-state index contributed by atoms with van der Waals surface area (Å²) in [5.41, 5.74) is 1.07. The van der Waals surface area contributed by atoms with Gasteiger partial charge in [-0.05, 0) is 25.0 Å². The van der Waals surface area contributed by atoms with Crippen molar-refractivity contribution in [3.63, 3.8) is 0 Å². The minimum Gasteiger partial charge on any atom is -0.255 e. The van der Waals surface area contributed by atoms with Crippen molar-refractivity contribution < 1.29 is 13.2 Å². The Morgan fingerprint density at radius 2 is 1.81 bits per heavy atom. The van der Waals surface area contributed by atoms with E-state index in [0.29, 0.717) is 28.5 Å². The largest absolute Gasteiger partial charge is 0.417 e. The van der Waals surface area contributed by atoms with Crippen LogP contribution in [0.2, 0.25) is 0 Å². The summed E-state index contributed by atoms with van der Waals surface area (Å²) in [7, 11) is 0. The Bertz CT molecular complexity index is 838. The molecule has 0 saturated heterocycles. The number of fused-ring (bicyclic) bond motifs is 3. The van der Waals surface area contributed by atoms with Crippen LogP contribution in [0, 0.1) is 6.92 Å². The van der Waals surface area contributed by atoms with Crippen LogP contribution in [-0.2, 0) is 12.6 Å². The Labute approximate surface area is 119 Å². The van der Waals surface area contributed by atoms with Crippen molar-refractivity contribution in [1.82, 2.24) is 9.97 Å². The van der Waals surface area contributed by atoms with E-state index < -0.39 is 11.7 Å². The van der Waals surface area contributed by atoms with Gasteiger partial charge in [-0.25, -0.2) is 0 Å². The molecule has 0 aliphatic heterocycles. The van der Waals surface area contributed by atoms with Gasteiger partial charge >= 0.3 is 6.18 Å². The van der Waals surface area contributed by atoms with Gasteiger partial charge < -0.3 is 0 Å². The summed E-state index contributed by atoms with van der Waals surface area (Å²) in [6.45, 7) is 3.29. The second-order valence-electron chi connectivity index (χ2n) is 4.95. The van der Waals surface area contributed by atoms with Crippen molar-refractivity contribution >= 4 is 21.8 Å². The molecule has 21 heavy (non-hydrogen) atoms. The van der Waals surface area contributed by atoms with Gasteiger partial charge in [0.1, 0.15) is 0 Å². The first kappa shape index (κ1) is 13.8. The first-order valence-electron chi connectivity index (χ1n) is 6.67. The number of nitrogens with zero attached hydrogens (tertiary/aromatic N) is 2. The maximum atomic E-state index is 13.4. The molecule has 5 heteroatoms. The standard InChI is InChI=1S/C16H13F3N2/c1-3-12-9(2)14(16(17,18)19)11-8-20-13-7-5-4-6-10(13)15(11)21-12/h4-8H,3H2,1-2H3. The molecule has 0 unspecified atom stereocenters. The molecule has 2 aromatic heterocycles. The van der Waals surface area contributed by atoms with E-state index in [1.807, 2.05) is 6.92 Å². The molecule has 0 amide bonds. The number of para-hydroxylation sites is 1. The van der Waals surface area contributed by atoms with Crippen LogP contribution < -0.4 is 0 Å². The third-order valence-electron chi connectivity index (χ3n) is 3.69. The van der Waals surface area contributed by atoms with E-state index in [9.17, 15) is 13.2 Å². The fourth-order valence-electron chi connectivity index (χ4n) is 2.70. The number of aromatic nitrogens is 2. The number of hydrogen-bond acceptors (Lipinski definition) is 2. The fraction of sp³-hybridized carbons (Fsp3) is 0.250. The van der Waals surface area contributed by atoms with Crippen LogP contribution in [-0.4, -0.2) is 9.97 Å². The second-order valence-corrected chi connectivity index (χ2v) is 4.95. The minimum atomic E-state index is -4.42. The molecule has 3 aromatic rings. The van der Waals surface area contributed by atoms with Gasteiger partial charge in [-0.15, -0.1) is 0 Å². The molecule has 3 rings (SSSR count). The summed E-state index contributed by atoms with van der Waals surface area (Å²) in [6, 6.07) is 7.12. The SMILES string of the molecule is CCc1nc2c(cnc3ccccc32)c(C(F)(F)F)c1C. The van der Waals surface area contributed by atoms with Crippen LogP contribution in [0.15, 0.2) is 30.5 Å². The number of alkyl halides is 3. The van der Waals surface area contributed by atoms with Crippen molar-refractivity contribution in [3.05, 3.63) is 47.3 Å². The summed E-state index contributed by atoms with van der Waals surface area (Å²) < 4.78 is 40.3. The maximum Gasteiger partial charge on any atom is 0.417 e. The lowest BCUT2D eigenvalue weighted by Gasteiger charge is -2.16. The van der Waals surface area contributed by atoms with E-state index in [2.05, 4.69) is 9.97 Å². The molecule has 2 nitrogen and oxygen atoms in total. The predicted molar refractivity (Wildman–Crippen MR) is 76.2 cm³/mol. The monoisotopic (exact) mass is 290 g/mol. The zero-order chi connectivity index (χ0) is 15.2. The fourth-order valence-corrected chi connectivity index (χ4v) is 2.70. The van der Waals surface area contributed by atoms with Crippen molar-refractivity contribution in [3.8, 4) is 0 Å². The molecule has 0 atom stereocenters. The molecule has 0 bridgehead atoms. The van der Waals surface area contributed by atoms with Gasteiger partial charge in [0.2, 0.25) is 0 Å². The van der Waals surface area contributed by atoms with Gasteiger partial charge in [-0.2, -0.15) is 13.2 Å². The number of pyridine rings is 2. The average molecular weight is 290 g/mol. The summed E-state index contributed by atoms with van der Waals surface area (Å²) in [4.78, 5) is 8.60. The van der Waals surface area contributed by atoms with Gasteiger partial charge in [0, 0.05) is 22.7 Å². The summed E-state index contributed by atoms with van der Waals surface area (Å²) in [6.07, 6.45) is -2.68. The van der Waals surface area contributed by atoms with E-state index in [4.69, 9.17) is 0 Å². The Morgan fingerprint density at radius 1 is 1.10 bits per heavy atom. The highest BCUT2D eigenvalue weighted by molar-refractivity contribution is 6.04. The molecular formula is C16H13F3N2. The van der Waals surface area contributed by atoms with E-state index >= 15 is 0 Å². The Kier molecular flexibility index (Phi) is 3.08. The molecule has 0 saturated carbocycles. The van der Waals surface area contributed by atoms with Gasteiger partial charge in [-0.1, -0.05) is 25.1 Å². The smallest absolute Gasteiger partial charge is 0.255 e. The maximum absolute atomic E-state index is 13.4. The minimum absolute atomic E-state index is 0.0656.